The van der Waals surface area contributed by atoms with Crippen molar-refractivity contribution < 1.29 is 9.18 Å². The highest BCUT2D eigenvalue weighted by Gasteiger charge is 2.24. The molecule has 21 heavy (non-hydrogen) atoms. The van der Waals surface area contributed by atoms with Gasteiger partial charge < -0.3 is 11.1 Å². The zero-order chi connectivity index (χ0) is 15.1. The molecule has 1 aliphatic rings. The molecular weight excluding hydrogens is 287 g/mol. The average Bonchev–Trinajstić information content (AvgIpc) is 2.48. The third-order valence-electron chi connectivity index (χ3n) is 3.85. The van der Waals surface area contributed by atoms with Gasteiger partial charge in [-0.15, -0.1) is 0 Å². The van der Waals surface area contributed by atoms with Gasteiger partial charge in [0.15, 0.2) is 0 Å². The van der Waals surface area contributed by atoms with Crippen LogP contribution >= 0.6 is 11.8 Å². The molecule has 3 N–H and O–H groups in total. The van der Waals surface area contributed by atoms with Gasteiger partial charge in [-0.05, 0) is 30.9 Å². The maximum Gasteiger partial charge on any atom is 0.223 e. The number of hydrogen-bond donors (Lipinski definition) is 2. The fourth-order valence-corrected chi connectivity index (χ4v) is 3.50. The predicted octanol–water partition coefficient (Wildman–Crippen LogP) is 2.69. The molecule has 2 rings (SSSR count). The van der Waals surface area contributed by atoms with Crippen LogP contribution in [0.3, 0.4) is 0 Å². The van der Waals surface area contributed by atoms with Crippen LogP contribution in [-0.4, -0.2) is 24.2 Å². The molecule has 0 radical (unpaired) electrons. The van der Waals surface area contributed by atoms with Crippen LogP contribution in [0.2, 0.25) is 0 Å². The van der Waals surface area contributed by atoms with Crippen molar-refractivity contribution in [2.24, 2.45) is 11.7 Å². The second-order valence-electron chi connectivity index (χ2n) is 5.56. The maximum absolute atomic E-state index is 13.4. The summed E-state index contributed by atoms with van der Waals surface area (Å²) in [4.78, 5) is 12.0. The lowest BCUT2D eigenvalue weighted by Gasteiger charge is -2.25. The number of thioether (sulfide) groups is 1. The number of benzene rings is 1. The summed E-state index contributed by atoms with van der Waals surface area (Å²) in [5, 5.41) is 2.96. The molecule has 116 valence electrons. The molecule has 0 heterocycles. The van der Waals surface area contributed by atoms with E-state index in [2.05, 4.69) is 5.32 Å². The first kappa shape index (κ1) is 16.3. The minimum Gasteiger partial charge on any atom is -0.355 e. The van der Waals surface area contributed by atoms with E-state index in [-0.39, 0.29) is 23.7 Å². The summed E-state index contributed by atoms with van der Waals surface area (Å²) in [6, 6.07) is 6.98. The molecule has 0 aromatic heterocycles. The highest BCUT2D eigenvalue weighted by Crippen LogP contribution is 2.23. The SMILES string of the molecule is NC1CCCC(C(=O)NCCSCc2ccccc2F)C1. The van der Waals surface area contributed by atoms with Crippen molar-refractivity contribution in [1.29, 1.82) is 0 Å². The fraction of sp³-hybridized carbons (Fsp3) is 0.562. The third-order valence-corrected chi connectivity index (χ3v) is 4.85. The Morgan fingerprint density at radius 1 is 1.38 bits per heavy atom. The Morgan fingerprint density at radius 2 is 2.19 bits per heavy atom. The van der Waals surface area contributed by atoms with E-state index in [9.17, 15) is 9.18 Å². The average molecular weight is 310 g/mol. The van der Waals surface area contributed by atoms with Gasteiger partial charge in [0.05, 0.1) is 0 Å². The van der Waals surface area contributed by atoms with Crippen molar-refractivity contribution in [1.82, 2.24) is 5.32 Å². The monoisotopic (exact) mass is 310 g/mol. The Morgan fingerprint density at radius 3 is 2.95 bits per heavy atom. The van der Waals surface area contributed by atoms with Crippen molar-refractivity contribution in [2.75, 3.05) is 12.3 Å². The first-order chi connectivity index (χ1) is 10.2. The van der Waals surface area contributed by atoms with Gasteiger partial charge in [0.2, 0.25) is 5.91 Å². The molecule has 2 atom stereocenters. The van der Waals surface area contributed by atoms with Gasteiger partial charge in [-0.1, -0.05) is 24.6 Å². The number of carbonyl (C=O) groups excluding carboxylic acids is 1. The van der Waals surface area contributed by atoms with Crippen molar-refractivity contribution >= 4 is 17.7 Å². The van der Waals surface area contributed by atoms with E-state index in [0.29, 0.717) is 17.9 Å². The van der Waals surface area contributed by atoms with E-state index >= 15 is 0 Å². The molecule has 1 fully saturated rings. The van der Waals surface area contributed by atoms with Gasteiger partial charge in [-0.3, -0.25) is 4.79 Å². The molecule has 0 spiro atoms. The van der Waals surface area contributed by atoms with Gasteiger partial charge in [0.25, 0.3) is 0 Å². The topological polar surface area (TPSA) is 55.1 Å². The summed E-state index contributed by atoms with van der Waals surface area (Å²) in [5.41, 5.74) is 6.61. The zero-order valence-electron chi connectivity index (χ0n) is 12.2. The van der Waals surface area contributed by atoms with Crippen LogP contribution in [0.15, 0.2) is 24.3 Å². The van der Waals surface area contributed by atoms with Crippen LogP contribution in [-0.2, 0) is 10.5 Å². The Balaban J connectivity index is 1.61. The first-order valence-electron chi connectivity index (χ1n) is 7.51. The van der Waals surface area contributed by atoms with Crippen molar-refractivity contribution in [3.05, 3.63) is 35.6 Å². The molecule has 1 aromatic rings. The van der Waals surface area contributed by atoms with Gasteiger partial charge in [0.1, 0.15) is 5.82 Å². The largest absolute Gasteiger partial charge is 0.355 e. The van der Waals surface area contributed by atoms with Crippen LogP contribution in [0.25, 0.3) is 0 Å². The molecule has 0 bridgehead atoms. The van der Waals surface area contributed by atoms with Crippen LogP contribution in [0.1, 0.15) is 31.2 Å². The predicted molar refractivity (Wildman–Crippen MR) is 85.5 cm³/mol. The molecule has 5 heteroatoms. The molecule has 0 aliphatic heterocycles. The number of halogens is 1. The van der Waals surface area contributed by atoms with Gasteiger partial charge in [-0.25, -0.2) is 4.39 Å². The molecule has 1 amide bonds. The van der Waals surface area contributed by atoms with E-state index < -0.39 is 0 Å². The highest BCUT2D eigenvalue weighted by atomic mass is 32.2. The van der Waals surface area contributed by atoms with E-state index in [1.54, 1.807) is 23.9 Å². The second kappa shape index (κ2) is 8.39. The summed E-state index contributed by atoms with van der Waals surface area (Å²) < 4.78 is 13.4. The number of carbonyl (C=O) groups is 1. The number of hydrogen-bond acceptors (Lipinski definition) is 3. The summed E-state index contributed by atoms with van der Waals surface area (Å²) in [7, 11) is 0. The Hall–Kier alpha value is -1.07. The van der Waals surface area contributed by atoms with Crippen molar-refractivity contribution in [3.8, 4) is 0 Å². The van der Waals surface area contributed by atoms with Gasteiger partial charge in [-0.2, -0.15) is 11.8 Å². The number of nitrogens with two attached hydrogens (primary N) is 1. The normalized spacial score (nSPS) is 22.0. The van der Waals surface area contributed by atoms with E-state index in [0.717, 1.165) is 31.4 Å². The maximum atomic E-state index is 13.4. The molecule has 0 saturated heterocycles. The molecule has 1 aliphatic carbocycles. The van der Waals surface area contributed by atoms with Gasteiger partial charge in [0, 0.05) is 30.0 Å². The lowest BCUT2D eigenvalue weighted by atomic mass is 9.85. The highest BCUT2D eigenvalue weighted by molar-refractivity contribution is 7.98. The minimum absolute atomic E-state index is 0.0744. The lowest BCUT2D eigenvalue weighted by Crippen LogP contribution is -2.38. The summed E-state index contributed by atoms with van der Waals surface area (Å²) >= 11 is 1.63. The smallest absolute Gasteiger partial charge is 0.223 e. The first-order valence-corrected chi connectivity index (χ1v) is 8.66. The van der Waals surface area contributed by atoms with Crippen LogP contribution in [0.5, 0.6) is 0 Å². The molecule has 2 unspecified atom stereocenters. The fourth-order valence-electron chi connectivity index (χ4n) is 2.65. The molecule has 1 aromatic carbocycles. The van der Waals surface area contributed by atoms with Crippen LogP contribution in [0.4, 0.5) is 4.39 Å². The number of rotatable bonds is 6. The van der Waals surface area contributed by atoms with E-state index in [1.807, 2.05) is 6.07 Å². The number of nitrogens with one attached hydrogen (secondary N) is 1. The van der Waals surface area contributed by atoms with E-state index in [4.69, 9.17) is 5.73 Å². The van der Waals surface area contributed by atoms with Crippen molar-refractivity contribution in [3.63, 3.8) is 0 Å². The zero-order valence-corrected chi connectivity index (χ0v) is 13.0. The molecule has 3 nitrogen and oxygen atoms in total. The number of amides is 1. The van der Waals surface area contributed by atoms with E-state index in [1.165, 1.54) is 6.07 Å². The minimum atomic E-state index is -0.162. The molecular formula is C16H23FN2OS. The second-order valence-corrected chi connectivity index (χ2v) is 6.66. The summed E-state index contributed by atoms with van der Waals surface area (Å²) in [5.74, 6) is 1.46. The lowest BCUT2D eigenvalue weighted by molar-refractivity contribution is -0.125. The van der Waals surface area contributed by atoms with Crippen LogP contribution < -0.4 is 11.1 Å². The Labute approximate surface area is 129 Å². The third kappa shape index (κ3) is 5.32. The van der Waals surface area contributed by atoms with Crippen LogP contribution in [0, 0.1) is 11.7 Å². The quantitative estimate of drug-likeness (QED) is 0.794. The summed E-state index contributed by atoms with van der Waals surface area (Å²) in [6.07, 6.45) is 3.82. The summed E-state index contributed by atoms with van der Waals surface area (Å²) in [6.45, 7) is 0.629. The standard InChI is InChI=1S/C16H23FN2OS/c17-15-7-2-1-4-13(15)11-21-9-8-19-16(20)12-5-3-6-14(18)10-12/h1-2,4,7,12,14H,3,5-6,8-11,18H2,(H,19,20). The molecule has 1 saturated carbocycles. The van der Waals surface area contributed by atoms with Gasteiger partial charge >= 0.3 is 0 Å². The van der Waals surface area contributed by atoms with Crippen molar-refractivity contribution in [2.45, 2.75) is 37.5 Å². The Bertz CT molecular complexity index is 469. The Kier molecular flexibility index (Phi) is 6.51.